The molecule has 5 rings (SSSR count). The van der Waals surface area contributed by atoms with E-state index in [0.717, 1.165) is 28.3 Å². The predicted octanol–water partition coefficient (Wildman–Crippen LogP) is 5.91. The van der Waals surface area contributed by atoms with Gasteiger partial charge in [0, 0.05) is 47.6 Å². The Hall–Kier alpha value is -5.67. The number of hydrogen-bond acceptors (Lipinski definition) is 7. The van der Waals surface area contributed by atoms with Crippen LogP contribution in [0.2, 0.25) is 0 Å². The van der Waals surface area contributed by atoms with E-state index in [-0.39, 0.29) is 30.3 Å². The number of hydrogen-bond donors (Lipinski definition) is 4. The minimum absolute atomic E-state index is 0.0200. The van der Waals surface area contributed by atoms with Gasteiger partial charge in [0.05, 0.1) is 12.2 Å². The zero-order chi connectivity index (χ0) is 35.2. The molecule has 0 saturated carbocycles. The summed E-state index contributed by atoms with van der Waals surface area (Å²) < 4.78 is 61.6. The normalized spacial score (nSPS) is 12.4. The summed E-state index contributed by atoms with van der Waals surface area (Å²) in [6.45, 7) is 6.04. The molecule has 11 nitrogen and oxygen atoms in total. The van der Waals surface area contributed by atoms with Crippen LogP contribution >= 0.6 is 0 Å². The second-order valence-electron chi connectivity index (χ2n) is 10.7. The van der Waals surface area contributed by atoms with Gasteiger partial charge in [0.1, 0.15) is 17.3 Å². The zero-order valence-electron chi connectivity index (χ0n) is 25.8. The summed E-state index contributed by atoms with van der Waals surface area (Å²) in [6.07, 6.45) is -2.82. The highest BCUT2D eigenvalue weighted by atomic mass is 19.4. The van der Waals surface area contributed by atoms with E-state index < -0.39 is 35.5 Å². The number of amides is 3. The van der Waals surface area contributed by atoms with Crippen molar-refractivity contribution in [1.29, 1.82) is 0 Å². The number of pyridine rings is 1. The van der Waals surface area contributed by atoms with Gasteiger partial charge in [0.2, 0.25) is 5.95 Å². The summed E-state index contributed by atoms with van der Waals surface area (Å²) in [5.41, 5.74) is 3.04. The number of alkyl halides is 3. The number of carbonyl (C=O) groups is 3. The van der Waals surface area contributed by atoms with Crippen molar-refractivity contribution < 1.29 is 41.4 Å². The van der Waals surface area contributed by atoms with Crippen LogP contribution < -0.4 is 20.9 Å². The monoisotopic (exact) mass is 671 g/mol. The van der Waals surface area contributed by atoms with Gasteiger partial charge >= 0.3 is 18.2 Å². The SMILES string of the molecule is Cc1ccc(C(=O)NC(C)C)cc1-c1nc(NCCc2ccccn2)nc2c1CNC(=O)N2c1c(F)cccc1F.O=C(O)C(F)(F)F. The number of carbonyl (C=O) groups excluding carboxylic acids is 2. The molecular weight excluding hydrogens is 641 g/mol. The average molecular weight is 672 g/mol. The number of aliphatic carboxylic acids is 1. The molecule has 252 valence electrons. The van der Waals surface area contributed by atoms with Crippen molar-refractivity contribution in [2.24, 2.45) is 0 Å². The van der Waals surface area contributed by atoms with Crippen LogP contribution in [-0.2, 0) is 17.8 Å². The van der Waals surface area contributed by atoms with Gasteiger partial charge in [-0.1, -0.05) is 18.2 Å². The lowest BCUT2D eigenvalue weighted by Crippen LogP contribution is -2.43. The molecule has 1 aliphatic rings. The molecule has 2 aromatic heterocycles. The topological polar surface area (TPSA) is 149 Å². The number of nitrogens with one attached hydrogen (secondary N) is 3. The number of nitrogens with zero attached hydrogens (tertiary/aromatic N) is 4. The van der Waals surface area contributed by atoms with Crippen molar-refractivity contribution in [3.8, 4) is 11.3 Å². The minimum atomic E-state index is -5.08. The first-order valence-electron chi connectivity index (χ1n) is 14.5. The van der Waals surface area contributed by atoms with Gasteiger partial charge in [-0.05, 0) is 62.7 Å². The van der Waals surface area contributed by atoms with Gasteiger partial charge in [-0.2, -0.15) is 18.2 Å². The van der Waals surface area contributed by atoms with Crippen LogP contribution in [-0.4, -0.2) is 56.7 Å². The maximum atomic E-state index is 15.0. The van der Waals surface area contributed by atoms with E-state index >= 15 is 0 Å². The second kappa shape index (κ2) is 14.8. The van der Waals surface area contributed by atoms with Crippen molar-refractivity contribution in [3.05, 3.63) is 94.8 Å². The van der Waals surface area contributed by atoms with Crippen LogP contribution in [0.3, 0.4) is 0 Å². The first-order chi connectivity index (χ1) is 22.7. The summed E-state index contributed by atoms with van der Waals surface area (Å²) in [6, 6.07) is 13.5. The highest BCUT2D eigenvalue weighted by Gasteiger charge is 2.38. The lowest BCUT2D eigenvalue weighted by molar-refractivity contribution is -0.192. The fourth-order valence-electron chi connectivity index (χ4n) is 4.58. The van der Waals surface area contributed by atoms with Crippen molar-refractivity contribution >= 4 is 35.4 Å². The number of aromatic nitrogens is 3. The molecule has 0 saturated heterocycles. The highest BCUT2D eigenvalue weighted by molar-refractivity contribution is 6.02. The van der Waals surface area contributed by atoms with Gasteiger partial charge in [0.15, 0.2) is 5.82 Å². The Balaban J connectivity index is 0.000000671. The Morgan fingerprint density at radius 2 is 1.73 bits per heavy atom. The smallest absolute Gasteiger partial charge is 0.475 e. The molecule has 0 radical (unpaired) electrons. The molecular formula is C32H30F5N7O4. The third-order valence-corrected chi connectivity index (χ3v) is 6.79. The maximum absolute atomic E-state index is 15.0. The molecule has 16 heteroatoms. The second-order valence-corrected chi connectivity index (χ2v) is 10.7. The Morgan fingerprint density at radius 3 is 2.33 bits per heavy atom. The largest absolute Gasteiger partial charge is 0.490 e. The van der Waals surface area contributed by atoms with E-state index in [0.29, 0.717) is 35.3 Å². The number of anilines is 3. The van der Waals surface area contributed by atoms with Gasteiger partial charge in [-0.25, -0.2) is 28.3 Å². The van der Waals surface area contributed by atoms with Crippen LogP contribution in [0.1, 0.15) is 41.0 Å². The predicted molar refractivity (Wildman–Crippen MR) is 166 cm³/mol. The molecule has 3 amide bonds. The lowest BCUT2D eigenvalue weighted by Gasteiger charge is -2.31. The number of urea groups is 1. The van der Waals surface area contributed by atoms with Crippen molar-refractivity contribution in [2.75, 3.05) is 16.8 Å². The Morgan fingerprint density at radius 1 is 1.04 bits per heavy atom. The molecule has 0 aliphatic carbocycles. The maximum Gasteiger partial charge on any atom is 0.490 e. The third kappa shape index (κ3) is 8.37. The first kappa shape index (κ1) is 35.2. The number of fused-ring (bicyclic) bond motifs is 1. The average Bonchev–Trinajstić information content (AvgIpc) is 3.02. The van der Waals surface area contributed by atoms with Crippen LogP contribution in [0, 0.1) is 18.6 Å². The number of aryl methyl sites for hydroxylation is 1. The van der Waals surface area contributed by atoms with E-state index in [2.05, 4.69) is 25.9 Å². The number of benzene rings is 2. The highest BCUT2D eigenvalue weighted by Crippen LogP contribution is 2.39. The van der Waals surface area contributed by atoms with Crippen molar-refractivity contribution in [1.82, 2.24) is 25.6 Å². The van der Waals surface area contributed by atoms with Crippen LogP contribution in [0.15, 0.2) is 60.8 Å². The van der Waals surface area contributed by atoms with Gasteiger partial charge < -0.3 is 21.1 Å². The van der Waals surface area contributed by atoms with E-state index in [1.54, 1.807) is 18.3 Å². The van der Waals surface area contributed by atoms with Gasteiger partial charge in [-0.15, -0.1) is 0 Å². The van der Waals surface area contributed by atoms with E-state index in [9.17, 15) is 31.5 Å². The van der Waals surface area contributed by atoms with E-state index in [1.807, 2.05) is 45.0 Å². The van der Waals surface area contributed by atoms with Crippen LogP contribution in [0.5, 0.6) is 0 Å². The first-order valence-corrected chi connectivity index (χ1v) is 14.5. The fourth-order valence-corrected chi connectivity index (χ4v) is 4.58. The molecule has 2 aromatic carbocycles. The molecule has 0 bridgehead atoms. The summed E-state index contributed by atoms with van der Waals surface area (Å²) >= 11 is 0. The van der Waals surface area contributed by atoms with Crippen LogP contribution in [0.25, 0.3) is 11.3 Å². The Labute approximate surface area is 271 Å². The number of rotatable bonds is 8. The summed E-state index contributed by atoms with van der Waals surface area (Å²) in [5.74, 6) is -4.64. The molecule has 4 N–H and O–H groups in total. The van der Waals surface area contributed by atoms with Crippen molar-refractivity contribution in [3.63, 3.8) is 0 Å². The van der Waals surface area contributed by atoms with Crippen molar-refractivity contribution in [2.45, 2.75) is 46.0 Å². The van der Waals surface area contributed by atoms with Gasteiger partial charge in [-0.3, -0.25) is 9.78 Å². The fraction of sp³-hybridized carbons (Fsp3) is 0.250. The molecule has 4 aromatic rings. The summed E-state index contributed by atoms with van der Waals surface area (Å²) in [5, 5.41) is 15.9. The van der Waals surface area contributed by atoms with E-state index in [4.69, 9.17) is 14.9 Å². The summed E-state index contributed by atoms with van der Waals surface area (Å²) in [7, 11) is 0. The van der Waals surface area contributed by atoms with Crippen LogP contribution in [0.4, 0.5) is 44.2 Å². The molecule has 0 fully saturated rings. The molecule has 1 aliphatic heterocycles. The lowest BCUT2D eigenvalue weighted by atomic mass is 9.97. The quantitative estimate of drug-likeness (QED) is 0.169. The van der Waals surface area contributed by atoms with Gasteiger partial charge in [0.25, 0.3) is 5.91 Å². The Bertz CT molecular complexity index is 1800. The minimum Gasteiger partial charge on any atom is -0.475 e. The molecule has 3 heterocycles. The third-order valence-electron chi connectivity index (χ3n) is 6.79. The zero-order valence-corrected chi connectivity index (χ0v) is 25.8. The molecule has 0 atom stereocenters. The molecule has 48 heavy (non-hydrogen) atoms. The number of halogens is 5. The molecule has 0 unspecified atom stereocenters. The Kier molecular flexibility index (Phi) is 10.9. The number of para-hydroxylation sites is 1. The van der Waals surface area contributed by atoms with E-state index in [1.165, 1.54) is 6.07 Å². The number of carboxylic acid groups (broad SMARTS) is 1. The number of carboxylic acids is 1. The molecule has 0 spiro atoms. The standard InChI is InChI=1S/C30H29F2N7O2.C2HF3O2/c1-17(2)36-28(40)19-11-10-18(3)21(15-19)25-22-16-35-30(41)39(26-23(31)8-6-9-24(26)32)27(22)38-29(37-25)34-14-12-20-7-4-5-13-33-20;3-2(4,5)1(6)7/h4-11,13,15,17H,12,14,16H2,1-3H3,(H,35,41)(H,36,40)(H,34,37,38);(H,6,7). The summed E-state index contributed by atoms with van der Waals surface area (Å²) in [4.78, 5) is 49.3.